The molecule has 1 saturated heterocycles. The molecular weight excluding hydrogens is 475 g/mol. The van der Waals surface area contributed by atoms with Crippen LogP contribution in [0.3, 0.4) is 0 Å². The van der Waals surface area contributed by atoms with Crippen LogP contribution in [0, 0.1) is 5.82 Å². The molecule has 0 aliphatic carbocycles. The lowest BCUT2D eigenvalue weighted by molar-refractivity contribution is -0.136. The van der Waals surface area contributed by atoms with Crippen LogP contribution >= 0.6 is 11.6 Å². The summed E-state index contributed by atoms with van der Waals surface area (Å²) >= 11 is 5.96. The average molecular weight is 501 g/mol. The van der Waals surface area contributed by atoms with Crippen molar-refractivity contribution in [3.63, 3.8) is 0 Å². The number of amides is 2. The van der Waals surface area contributed by atoms with Crippen molar-refractivity contribution in [2.24, 2.45) is 0 Å². The van der Waals surface area contributed by atoms with Crippen molar-refractivity contribution in [1.29, 1.82) is 0 Å². The highest BCUT2D eigenvalue weighted by Crippen LogP contribution is 2.31. The Hall–Kier alpha value is -3.30. The first-order valence-electron chi connectivity index (χ1n) is 11.4. The van der Waals surface area contributed by atoms with Gasteiger partial charge < -0.3 is 19.1 Å². The monoisotopic (exact) mass is 500 g/mol. The van der Waals surface area contributed by atoms with E-state index in [1.165, 1.54) is 30.2 Å². The molecule has 1 aliphatic heterocycles. The Morgan fingerprint density at radius 1 is 1.23 bits per heavy atom. The molecule has 35 heavy (non-hydrogen) atoms. The molecule has 10 heteroatoms. The first-order valence-corrected chi connectivity index (χ1v) is 11.8. The second-order valence-corrected chi connectivity index (χ2v) is 8.73. The number of carbonyl (C=O) groups is 2. The van der Waals surface area contributed by atoms with Gasteiger partial charge in [0.15, 0.2) is 0 Å². The van der Waals surface area contributed by atoms with E-state index in [4.69, 9.17) is 20.9 Å². The summed E-state index contributed by atoms with van der Waals surface area (Å²) in [5, 5.41) is 4.68. The van der Waals surface area contributed by atoms with E-state index in [0.29, 0.717) is 29.7 Å². The molecule has 2 heterocycles. The second-order valence-electron chi connectivity index (χ2n) is 8.29. The molecule has 1 unspecified atom stereocenters. The molecule has 8 nitrogen and oxygen atoms in total. The van der Waals surface area contributed by atoms with E-state index in [-0.39, 0.29) is 31.2 Å². The lowest BCUT2D eigenvalue weighted by Crippen LogP contribution is -2.46. The van der Waals surface area contributed by atoms with Crippen LogP contribution in [0.1, 0.15) is 41.6 Å². The predicted octanol–water partition coefficient (Wildman–Crippen LogP) is 4.37. The van der Waals surface area contributed by atoms with Crippen LogP contribution in [0.4, 0.5) is 4.39 Å². The first kappa shape index (κ1) is 24.8. The molecule has 184 valence electrons. The van der Waals surface area contributed by atoms with Crippen LogP contribution in [0.25, 0.3) is 11.4 Å². The summed E-state index contributed by atoms with van der Waals surface area (Å²) in [5.41, 5.74) is 0.929. The van der Waals surface area contributed by atoms with Crippen molar-refractivity contribution in [2.75, 3.05) is 33.4 Å². The van der Waals surface area contributed by atoms with Gasteiger partial charge in [-0.05, 0) is 61.7 Å². The van der Waals surface area contributed by atoms with E-state index in [2.05, 4.69) is 10.1 Å². The highest BCUT2D eigenvalue weighted by Gasteiger charge is 2.33. The summed E-state index contributed by atoms with van der Waals surface area (Å²) in [4.78, 5) is 34.0. The van der Waals surface area contributed by atoms with Crippen LogP contribution in [0.5, 0.6) is 0 Å². The minimum atomic E-state index is -0.516. The van der Waals surface area contributed by atoms with Crippen molar-refractivity contribution in [3.05, 3.63) is 70.8 Å². The van der Waals surface area contributed by atoms with Gasteiger partial charge in [0, 0.05) is 36.3 Å². The van der Waals surface area contributed by atoms with Gasteiger partial charge in [0.25, 0.3) is 5.91 Å². The zero-order chi connectivity index (χ0) is 24.8. The zero-order valence-electron chi connectivity index (χ0n) is 19.3. The van der Waals surface area contributed by atoms with Crippen LogP contribution < -0.4 is 0 Å². The summed E-state index contributed by atoms with van der Waals surface area (Å²) in [7, 11) is 1.52. The Balaban J connectivity index is 1.52. The number of carbonyl (C=O) groups excluding carboxylic acids is 2. The number of benzene rings is 2. The number of halogens is 2. The van der Waals surface area contributed by atoms with Crippen LogP contribution in [-0.4, -0.2) is 65.1 Å². The molecule has 1 aromatic heterocycles. The quantitative estimate of drug-likeness (QED) is 0.456. The smallest absolute Gasteiger partial charge is 0.254 e. The highest BCUT2D eigenvalue weighted by molar-refractivity contribution is 6.30. The number of hydrogen-bond donors (Lipinski definition) is 0. The third-order valence-corrected chi connectivity index (χ3v) is 6.15. The summed E-state index contributed by atoms with van der Waals surface area (Å²) in [6.45, 7) is 0.769. The van der Waals surface area contributed by atoms with Crippen molar-refractivity contribution in [3.8, 4) is 11.4 Å². The molecule has 1 aliphatic rings. The van der Waals surface area contributed by atoms with Crippen molar-refractivity contribution >= 4 is 23.4 Å². The van der Waals surface area contributed by atoms with E-state index in [1.54, 1.807) is 29.2 Å². The fourth-order valence-corrected chi connectivity index (χ4v) is 4.21. The molecule has 2 amide bonds. The van der Waals surface area contributed by atoms with E-state index >= 15 is 0 Å². The Morgan fingerprint density at radius 2 is 2.03 bits per heavy atom. The maximum Gasteiger partial charge on any atom is 0.254 e. The normalized spacial score (nSPS) is 15.7. The fraction of sp³-hybridized carbons (Fsp3) is 0.360. The Morgan fingerprint density at radius 3 is 2.77 bits per heavy atom. The van der Waals surface area contributed by atoms with Crippen LogP contribution in [-0.2, 0) is 9.53 Å². The van der Waals surface area contributed by atoms with Crippen LogP contribution in [0.2, 0.25) is 5.02 Å². The van der Waals surface area contributed by atoms with Gasteiger partial charge in [-0.3, -0.25) is 9.59 Å². The summed E-state index contributed by atoms with van der Waals surface area (Å²) in [5.74, 6) is -0.438. The van der Waals surface area contributed by atoms with Crippen molar-refractivity contribution < 1.29 is 23.2 Å². The number of piperidine rings is 1. The maximum atomic E-state index is 13.7. The molecule has 1 fully saturated rings. The van der Waals surface area contributed by atoms with Gasteiger partial charge in [-0.1, -0.05) is 22.8 Å². The largest absolute Gasteiger partial charge is 0.383 e. The fourth-order valence-electron chi connectivity index (χ4n) is 4.09. The second kappa shape index (κ2) is 11.4. The van der Waals surface area contributed by atoms with Gasteiger partial charge in [-0.2, -0.15) is 4.98 Å². The summed E-state index contributed by atoms with van der Waals surface area (Å²) < 4.78 is 24.3. The number of nitrogens with zero attached hydrogens (tertiary/aromatic N) is 4. The molecule has 0 N–H and O–H groups in total. The Kier molecular flexibility index (Phi) is 8.09. The number of aromatic nitrogens is 2. The number of likely N-dealkylation sites (tertiary alicyclic amines) is 1. The molecule has 0 saturated carbocycles. The number of methoxy groups -OCH3 is 1. The Bertz CT molecular complexity index is 1170. The molecule has 0 radical (unpaired) electrons. The van der Waals surface area contributed by atoms with E-state index in [0.717, 1.165) is 24.5 Å². The van der Waals surface area contributed by atoms with E-state index in [9.17, 15) is 14.0 Å². The Labute approximate surface area is 207 Å². The van der Waals surface area contributed by atoms with Crippen molar-refractivity contribution in [1.82, 2.24) is 19.9 Å². The van der Waals surface area contributed by atoms with Crippen molar-refractivity contribution in [2.45, 2.75) is 25.3 Å². The van der Waals surface area contributed by atoms with E-state index in [1.807, 2.05) is 0 Å². The molecule has 3 aromatic rings. The zero-order valence-corrected chi connectivity index (χ0v) is 20.1. The number of ether oxygens (including phenoxy) is 1. The minimum Gasteiger partial charge on any atom is -0.383 e. The molecule has 4 rings (SSSR count). The highest BCUT2D eigenvalue weighted by atomic mass is 35.5. The van der Waals surface area contributed by atoms with Gasteiger partial charge in [-0.25, -0.2) is 4.39 Å². The summed E-state index contributed by atoms with van der Waals surface area (Å²) in [6, 6.07) is 12.1. The molecule has 2 aromatic carbocycles. The van der Waals surface area contributed by atoms with Gasteiger partial charge in [0.05, 0.1) is 6.61 Å². The lowest BCUT2D eigenvalue weighted by atomic mass is 10.0. The predicted molar refractivity (Wildman–Crippen MR) is 127 cm³/mol. The standard InChI is InChI=1S/C25H26ClFN4O4/c1-34-14-13-30(25(33)18-5-4-6-20(27)15-18)16-22(32)31-12-3-2-7-21(31)24-28-23(29-35-24)17-8-10-19(26)11-9-17/h4-6,8-11,15,21H,2-3,7,12-14,16H2,1H3. The topological polar surface area (TPSA) is 88.8 Å². The third kappa shape index (κ3) is 6.04. The lowest BCUT2D eigenvalue weighted by Gasteiger charge is -2.35. The molecular formula is C25H26ClFN4O4. The van der Waals surface area contributed by atoms with Gasteiger partial charge in [0.1, 0.15) is 18.4 Å². The number of rotatable bonds is 8. The SMILES string of the molecule is COCCN(CC(=O)N1CCCCC1c1nc(-c2ccc(Cl)cc2)no1)C(=O)c1cccc(F)c1. The van der Waals surface area contributed by atoms with Gasteiger partial charge in [0.2, 0.25) is 17.6 Å². The first-order chi connectivity index (χ1) is 17.0. The molecule has 1 atom stereocenters. The average Bonchev–Trinajstić information content (AvgIpc) is 3.36. The molecule has 0 spiro atoms. The number of hydrogen-bond acceptors (Lipinski definition) is 6. The maximum absolute atomic E-state index is 13.7. The van der Waals surface area contributed by atoms with Crippen LogP contribution in [0.15, 0.2) is 53.1 Å². The third-order valence-electron chi connectivity index (χ3n) is 5.90. The minimum absolute atomic E-state index is 0.173. The molecule has 0 bridgehead atoms. The van der Waals surface area contributed by atoms with E-state index < -0.39 is 17.8 Å². The van der Waals surface area contributed by atoms with Gasteiger partial charge >= 0.3 is 0 Å². The summed E-state index contributed by atoms with van der Waals surface area (Å²) in [6.07, 6.45) is 2.41. The van der Waals surface area contributed by atoms with Gasteiger partial charge in [-0.15, -0.1) is 0 Å².